The molecule has 0 N–H and O–H groups in total. The zero-order valence-corrected chi connectivity index (χ0v) is 5.41. The summed E-state index contributed by atoms with van der Waals surface area (Å²) < 4.78 is 4.64. The van der Waals surface area contributed by atoms with E-state index in [1.54, 1.807) is 0 Å². The molecule has 0 aromatic carbocycles. The van der Waals surface area contributed by atoms with Crippen LogP contribution in [-0.2, 0) is 11.7 Å². The maximum atomic E-state index is 10.2. The van der Waals surface area contributed by atoms with Crippen molar-refractivity contribution in [3.05, 3.63) is 11.7 Å². The van der Waals surface area contributed by atoms with Gasteiger partial charge in [-0.15, -0.1) is 0 Å². The maximum Gasteiger partial charge on any atom is 0.256 e. The van der Waals surface area contributed by atoms with Crippen LogP contribution < -0.4 is 0 Å². The molecule has 4 heteroatoms. The van der Waals surface area contributed by atoms with Gasteiger partial charge in [-0.3, -0.25) is 0 Å². The van der Waals surface area contributed by atoms with Gasteiger partial charge in [-0.05, 0) is 12.8 Å². The quantitative estimate of drug-likeness (QED) is 0.611. The maximum absolute atomic E-state index is 10.2. The summed E-state index contributed by atoms with van der Waals surface area (Å²) in [6.07, 6.45) is 2.27. The standard InChI is InChI=1S/C6H7N2O2/c9-3-5-7-6(8-10-5)4-1-2-4/h4H,1-3H2. The Morgan fingerprint density at radius 3 is 2.90 bits per heavy atom. The van der Waals surface area contributed by atoms with E-state index >= 15 is 0 Å². The summed E-state index contributed by atoms with van der Waals surface area (Å²) >= 11 is 0. The molecule has 1 fully saturated rings. The normalized spacial score (nSPS) is 17.7. The lowest BCUT2D eigenvalue weighted by Gasteiger charge is -1.78. The number of hydrogen-bond donors (Lipinski definition) is 0. The van der Waals surface area contributed by atoms with Crippen LogP contribution in [0.3, 0.4) is 0 Å². The zero-order valence-electron chi connectivity index (χ0n) is 5.41. The minimum atomic E-state index is -0.403. The van der Waals surface area contributed by atoms with Gasteiger partial charge in [0.25, 0.3) is 5.89 Å². The molecule has 2 rings (SSSR count). The topological polar surface area (TPSA) is 58.8 Å². The fraction of sp³-hybridized carbons (Fsp3) is 0.667. The molecule has 53 valence electrons. The van der Waals surface area contributed by atoms with Gasteiger partial charge >= 0.3 is 0 Å². The van der Waals surface area contributed by atoms with Gasteiger partial charge < -0.3 is 4.52 Å². The van der Waals surface area contributed by atoms with E-state index in [1.807, 2.05) is 0 Å². The first kappa shape index (κ1) is 5.85. The highest BCUT2D eigenvalue weighted by Crippen LogP contribution is 2.37. The molecule has 0 aliphatic heterocycles. The van der Waals surface area contributed by atoms with E-state index in [4.69, 9.17) is 0 Å². The summed E-state index contributed by atoms with van der Waals surface area (Å²) in [4.78, 5) is 3.90. The third kappa shape index (κ3) is 0.903. The van der Waals surface area contributed by atoms with Crippen molar-refractivity contribution in [2.75, 3.05) is 0 Å². The number of nitrogens with zero attached hydrogens (tertiary/aromatic N) is 2. The summed E-state index contributed by atoms with van der Waals surface area (Å²) in [6, 6.07) is 0. The summed E-state index contributed by atoms with van der Waals surface area (Å²) in [5.74, 6) is 1.40. The molecule has 1 aliphatic rings. The largest absolute Gasteiger partial charge is 0.337 e. The number of hydrogen-bond acceptors (Lipinski definition) is 3. The highest BCUT2D eigenvalue weighted by molar-refractivity contribution is 5.02. The summed E-state index contributed by atoms with van der Waals surface area (Å²) in [7, 11) is 0. The average Bonchev–Trinajstić information content (AvgIpc) is 2.70. The van der Waals surface area contributed by atoms with Crippen LogP contribution in [0, 0.1) is 0 Å². The van der Waals surface area contributed by atoms with Crippen molar-refractivity contribution in [3.63, 3.8) is 0 Å². The predicted molar refractivity (Wildman–Crippen MR) is 30.7 cm³/mol. The van der Waals surface area contributed by atoms with Gasteiger partial charge in [0.2, 0.25) is 0 Å². The van der Waals surface area contributed by atoms with Crippen molar-refractivity contribution >= 4 is 0 Å². The van der Waals surface area contributed by atoms with Crippen LogP contribution in [0.5, 0.6) is 0 Å². The summed E-state index contributed by atoms with van der Waals surface area (Å²) in [5.41, 5.74) is 0. The number of aromatic nitrogens is 2. The molecule has 1 saturated carbocycles. The molecular formula is C6H7N2O2. The Labute approximate surface area is 57.9 Å². The predicted octanol–water partition coefficient (Wildman–Crippen LogP) is 0.877. The second-order valence-corrected chi connectivity index (χ2v) is 2.46. The third-order valence-corrected chi connectivity index (χ3v) is 1.55. The van der Waals surface area contributed by atoms with Gasteiger partial charge in [0.15, 0.2) is 12.4 Å². The molecule has 0 unspecified atom stereocenters. The van der Waals surface area contributed by atoms with Crippen molar-refractivity contribution in [1.29, 1.82) is 0 Å². The second kappa shape index (κ2) is 2.05. The molecule has 1 aromatic heterocycles. The molecule has 4 nitrogen and oxygen atoms in total. The molecule has 0 atom stereocenters. The SMILES string of the molecule is [O]Cc1nc(C2CC2)no1. The van der Waals surface area contributed by atoms with E-state index in [1.165, 1.54) is 0 Å². The lowest BCUT2D eigenvalue weighted by Crippen LogP contribution is -1.83. The van der Waals surface area contributed by atoms with Crippen molar-refractivity contribution < 1.29 is 9.63 Å². The highest BCUT2D eigenvalue weighted by atomic mass is 16.5. The minimum absolute atomic E-state index is 0.210. The molecule has 0 amide bonds. The lowest BCUT2D eigenvalue weighted by molar-refractivity contribution is 0.142. The molecule has 1 aliphatic carbocycles. The fourth-order valence-electron chi connectivity index (χ4n) is 0.834. The summed E-state index contributed by atoms with van der Waals surface area (Å²) in [6.45, 7) is -0.403. The van der Waals surface area contributed by atoms with E-state index < -0.39 is 6.61 Å². The highest BCUT2D eigenvalue weighted by Gasteiger charge is 2.28. The van der Waals surface area contributed by atoms with Gasteiger partial charge in [0.05, 0.1) is 0 Å². The Bertz CT molecular complexity index is 229. The van der Waals surface area contributed by atoms with E-state index in [-0.39, 0.29) is 5.89 Å². The first-order chi connectivity index (χ1) is 4.90. The van der Waals surface area contributed by atoms with Gasteiger partial charge in [-0.1, -0.05) is 5.16 Å². The molecule has 0 spiro atoms. The molecule has 10 heavy (non-hydrogen) atoms. The fourth-order valence-corrected chi connectivity index (χ4v) is 0.834. The zero-order chi connectivity index (χ0) is 6.97. The molecule has 0 bridgehead atoms. The van der Waals surface area contributed by atoms with Crippen LogP contribution in [0.1, 0.15) is 30.5 Å². The van der Waals surface area contributed by atoms with Crippen LogP contribution in [-0.4, -0.2) is 10.1 Å². The third-order valence-electron chi connectivity index (χ3n) is 1.55. The Morgan fingerprint density at radius 2 is 2.40 bits per heavy atom. The first-order valence-corrected chi connectivity index (χ1v) is 3.30. The van der Waals surface area contributed by atoms with Crippen LogP contribution >= 0.6 is 0 Å². The van der Waals surface area contributed by atoms with Gasteiger partial charge in [-0.25, -0.2) is 5.11 Å². The van der Waals surface area contributed by atoms with Crippen LogP contribution in [0.15, 0.2) is 4.52 Å². The Balaban J connectivity index is 2.19. The average molecular weight is 139 g/mol. The van der Waals surface area contributed by atoms with Crippen LogP contribution in [0.25, 0.3) is 0 Å². The van der Waals surface area contributed by atoms with Gasteiger partial charge in [0.1, 0.15) is 0 Å². The monoisotopic (exact) mass is 139 g/mol. The summed E-state index contributed by atoms with van der Waals surface area (Å²) in [5, 5.41) is 13.9. The smallest absolute Gasteiger partial charge is 0.256 e. The minimum Gasteiger partial charge on any atom is -0.337 e. The Morgan fingerprint density at radius 1 is 1.60 bits per heavy atom. The van der Waals surface area contributed by atoms with E-state index in [2.05, 4.69) is 14.7 Å². The van der Waals surface area contributed by atoms with Crippen molar-refractivity contribution in [1.82, 2.24) is 10.1 Å². The van der Waals surface area contributed by atoms with E-state index in [0.29, 0.717) is 11.7 Å². The van der Waals surface area contributed by atoms with Crippen molar-refractivity contribution in [2.45, 2.75) is 25.4 Å². The lowest BCUT2D eigenvalue weighted by atomic mass is 10.4. The second-order valence-electron chi connectivity index (χ2n) is 2.46. The van der Waals surface area contributed by atoms with E-state index in [0.717, 1.165) is 12.8 Å². The Kier molecular flexibility index (Phi) is 1.20. The molecule has 1 radical (unpaired) electrons. The molecule has 1 heterocycles. The van der Waals surface area contributed by atoms with Gasteiger partial charge in [0, 0.05) is 5.92 Å². The van der Waals surface area contributed by atoms with Crippen LogP contribution in [0.2, 0.25) is 0 Å². The van der Waals surface area contributed by atoms with Crippen molar-refractivity contribution in [2.24, 2.45) is 0 Å². The van der Waals surface area contributed by atoms with Crippen LogP contribution in [0.4, 0.5) is 0 Å². The Hall–Kier alpha value is -0.900. The molecular weight excluding hydrogens is 132 g/mol. The van der Waals surface area contributed by atoms with E-state index in [9.17, 15) is 5.11 Å². The molecule has 0 saturated heterocycles. The molecule has 1 aromatic rings. The van der Waals surface area contributed by atoms with Crippen molar-refractivity contribution in [3.8, 4) is 0 Å². The number of rotatable bonds is 2. The first-order valence-electron chi connectivity index (χ1n) is 3.30. The van der Waals surface area contributed by atoms with Gasteiger partial charge in [-0.2, -0.15) is 4.98 Å².